The second-order valence-electron chi connectivity index (χ2n) is 4.55. The third kappa shape index (κ3) is 4.94. The van der Waals surface area contributed by atoms with Gasteiger partial charge in [0, 0.05) is 22.2 Å². The first-order valence-corrected chi connectivity index (χ1v) is 7.32. The summed E-state index contributed by atoms with van der Waals surface area (Å²) in [5, 5.41) is 0. The van der Waals surface area contributed by atoms with Gasteiger partial charge in [0.05, 0.1) is 0 Å². The van der Waals surface area contributed by atoms with Gasteiger partial charge < -0.3 is 9.80 Å². The number of nitrogens with zero attached hydrogens (tertiary/aromatic N) is 2. The Morgan fingerprint density at radius 1 is 1.17 bits per heavy atom. The van der Waals surface area contributed by atoms with Gasteiger partial charge in [-0.3, -0.25) is 4.79 Å². The summed E-state index contributed by atoms with van der Waals surface area (Å²) in [5.74, 6) is 0.132. The van der Waals surface area contributed by atoms with Gasteiger partial charge >= 0.3 is 0 Å². The third-order valence-electron chi connectivity index (χ3n) is 2.79. The molecule has 18 heavy (non-hydrogen) atoms. The summed E-state index contributed by atoms with van der Waals surface area (Å²) in [5.41, 5.74) is 0.780. The molecule has 0 radical (unpaired) electrons. The Balaban J connectivity index is 2.59. The van der Waals surface area contributed by atoms with Crippen LogP contribution in [-0.2, 0) is 0 Å². The highest BCUT2D eigenvalue weighted by molar-refractivity contribution is 14.1. The molecule has 0 heterocycles. The smallest absolute Gasteiger partial charge is 0.253 e. The molecule has 0 aliphatic heterocycles. The Labute approximate surface area is 123 Å². The minimum Gasteiger partial charge on any atom is -0.339 e. The van der Waals surface area contributed by atoms with Crippen molar-refractivity contribution in [2.45, 2.75) is 13.3 Å². The number of carbonyl (C=O) groups is 1. The second-order valence-corrected chi connectivity index (χ2v) is 5.79. The van der Waals surface area contributed by atoms with E-state index in [0.29, 0.717) is 0 Å². The molecule has 0 N–H and O–H groups in total. The van der Waals surface area contributed by atoms with Gasteiger partial charge in [-0.25, -0.2) is 0 Å². The summed E-state index contributed by atoms with van der Waals surface area (Å²) in [7, 11) is 4.11. The zero-order valence-electron chi connectivity index (χ0n) is 11.3. The van der Waals surface area contributed by atoms with Gasteiger partial charge in [0.1, 0.15) is 0 Å². The van der Waals surface area contributed by atoms with Crippen molar-refractivity contribution in [3.05, 3.63) is 33.4 Å². The van der Waals surface area contributed by atoms with E-state index in [9.17, 15) is 4.79 Å². The van der Waals surface area contributed by atoms with Crippen LogP contribution in [0, 0.1) is 3.57 Å². The van der Waals surface area contributed by atoms with Crippen LogP contribution in [0.5, 0.6) is 0 Å². The highest BCUT2D eigenvalue weighted by atomic mass is 127. The Bertz CT molecular complexity index is 376. The fourth-order valence-electron chi connectivity index (χ4n) is 1.76. The summed E-state index contributed by atoms with van der Waals surface area (Å²) in [6.07, 6.45) is 1.01. The quantitative estimate of drug-likeness (QED) is 0.729. The molecular weight excluding hydrogens is 339 g/mol. The molecule has 1 amide bonds. The lowest BCUT2D eigenvalue weighted by molar-refractivity contribution is 0.0759. The van der Waals surface area contributed by atoms with E-state index in [1.165, 1.54) is 0 Å². The first-order valence-electron chi connectivity index (χ1n) is 6.24. The van der Waals surface area contributed by atoms with Crippen LogP contribution in [0.15, 0.2) is 24.3 Å². The van der Waals surface area contributed by atoms with E-state index in [0.717, 1.165) is 35.2 Å². The summed E-state index contributed by atoms with van der Waals surface area (Å²) in [6, 6.07) is 7.75. The van der Waals surface area contributed by atoms with Crippen molar-refractivity contribution in [3.63, 3.8) is 0 Å². The van der Waals surface area contributed by atoms with E-state index >= 15 is 0 Å². The Morgan fingerprint density at radius 2 is 1.78 bits per heavy atom. The minimum absolute atomic E-state index is 0.132. The molecule has 0 aliphatic rings. The molecule has 100 valence electrons. The van der Waals surface area contributed by atoms with Crippen LogP contribution in [0.25, 0.3) is 0 Å². The Hall–Kier alpha value is -0.620. The molecule has 0 saturated carbocycles. The number of halogens is 1. The van der Waals surface area contributed by atoms with Crippen LogP contribution < -0.4 is 0 Å². The van der Waals surface area contributed by atoms with Crippen LogP contribution in [0.1, 0.15) is 23.7 Å². The van der Waals surface area contributed by atoms with E-state index < -0.39 is 0 Å². The molecule has 3 nitrogen and oxygen atoms in total. The molecule has 1 aromatic rings. The number of rotatable bonds is 6. The van der Waals surface area contributed by atoms with Crippen molar-refractivity contribution >= 4 is 28.5 Å². The number of hydrogen-bond donors (Lipinski definition) is 0. The Morgan fingerprint density at radius 3 is 2.28 bits per heavy atom. The van der Waals surface area contributed by atoms with Crippen molar-refractivity contribution in [1.82, 2.24) is 9.80 Å². The monoisotopic (exact) mass is 360 g/mol. The summed E-state index contributed by atoms with van der Waals surface area (Å²) >= 11 is 2.25. The van der Waals surface area contributed by atoms with Crippen molar-refractivity contribution in [2.75, 3.05) is 33.7 Å². The summed E-state index contributed by atoms with van der Waals surface area (Å²) in [4.78, 5) is 16.3. The minimum atomic E-state index is 0.132. The molecule has 0 spiro atoms. The van der Waals surface area contributed by atoms with E-state index in [2.05, 4.69) is 41.6 Å². The van der Waals surface area contributed by atoms with Crippen molar-refractivity contribution in [3.8, 4) is 0 Å². The fourth-order valence-corrected chi connectivity index (χ4v) is 2.12. The third-order valence-corrected chi connectivity index (χ3v) is 3.51. The largest absolute Gasteiger partial charge is 0.339 e. The van der Waals surface area contributed by atoms with Gasteiger partial charge in [0.2, 0.25) is 0 Å². The molecular formula is C14H21IN2O. The van der Waals surface area contributed by atoms with Gasteiger partial charge in [0.15, 0.2) is 0 Å². The molecule has 4 heteroatoms. The molecule has 0 aromatic heterocycles. The maximum Gasteiger partial charge on any atom is 0.253 e. The van der Waals surface area contributed by atoms with Crippen molar-refractivity contribution in [2.24, 2.45) is 0 Å². The van der Waals surface area contributed by atoms with Crippen LogP contribution in [0.4, 0.5) is 0 Å². The predicted octanol–water partition coefficient (Wildman–Crippen LogP) is 2.71. The average Bonchev–Trinajstić information content (AvgIpc) is 2.34. The van der Waals surface area contributed by atoms with Gasteiger partial charge in [-0.1, -0.05) is 0 Å². The number of amides is 1. The van der Waals surface area contributed by atoms with Crippen LogP contribution >= 0.6 is 22.6 Å². The van der Waals surface area contributed by atoms with Crippen molar-refractivity contribution in [1.29, 1.82) is 0 Å². The van der Waals surface area contributed by atoms with E-state index in [1.54, 1.807) is 0 Å². The van der Waals surface area contributed by atoms with Gasteiger partial charge in [0.25, 0.3) is 5.91 Å². The molecule has 0 saturated heterocycles. The molecule has 0 aliphatic carbocycles. The SMILES string of the molecule is CCN(CCCN(C)C)C(=O)c1ccc(I)cc1. The summed E-state index contributed by atoms with van der Waals surface area (Å²) < 4.78 is 1.15. The number of carbonyl (C=O) groups excluding carboxylic acids is 1. The molecule has 1 rings (SSSR count). The van der Waals surface area contributed by atoms with Gasteiger partial charge in [-0.2, -0.15) is 0 Å². The van der Waals surface area contributed by atoms with E-state index in [-0.39, 0.29) is 5.91 Å². The topological polar surface area (TPSA) is 23.6 Å². The highest BCUT2D eigenvalue weighted by Crippen LogP contribution is 2.09. The molecule has 0 unspecified atom stereocenters. The maximum atomic E-state index is 12.3. The second kappa shape index (κ2) is 7.74. The standard InChI is InChI=1S/C14H21IN2O/c1-4-17(11-5-10-16(2)3)14(18)12-6-8-13(15)9-7-12/h6-9H,4-5,10-11H2,1-3H3. The predicted molar refractivity (Wildman–Crippen MR) is 83.9 cm³/mol. The normalized spacial score (nSPS) is 10.7. The highest BCUT2D eigenvalue weighted by Gasteiger charge is 2.13. The lowest BCUT2D eigenvalue weighted by atomic mass is 10.2. The van der Waals surface area contributed by atoms with Gasteiger partial charge in [-0.05, 0) is 80.8 Å². The fraction of sp³-hybridized carbons (Fsp3) is 0.500. The molecule has 0 atom stereocenters. The average molecular weight is 360 g/mol. The van der Waals surface area contributed by atoms with E-state index in [1.807, 2.05) is 36.1 Å². The molecule has 0 bridgehead atoms. The van der Waals surface area contributed by atoms with Crippen LogP contribution in [0.3, 0.4) is 0 Å². The summed E-state index contributed by atoms with van der Waals surface area (Å²) in [6.45, 7) is 4.62. The number of hydrogen-bond acceptors (Lipinski definition) is 2. The first kappa shape index (κ1) is 15.4. The van der Waals surface area contributed by atoms with Gasteiger partial charge in [-0.15, -0.1) is 0 Å². The molecule has 0 fully saturated rings. The Kier molecular flexibility index (Phi) is 6.63. The zero-order chi connectivity index (χ0) is 13.5. The first-order chi connectivity index (χ1) is 8.54. The lowest BCUT2D eigenvalue weighted by Crippen LogP contribution is -2.33. The van der Waals surface area contributed by atoms with E-state index in [4.69, 9.17) is 0 Å². The zero-order valence-corrected chi connectivity index (χ0v) is 13.5. The lowest BCUT2D eigenvalue weighted by Gasteiger charge is -2.22. The molecule has 1 aromatic carbocycles. The van der Waals surface area contributed by atoms with Crippen LogP contribution in [0.2, 0.25) is 0 Å². The van der Waals surface area contributed by atoms with Crippen LogP contribution in [-0.4, -0.2) is 49.4 Å². The van der Waals surface area contributed by atoms with Crippen molar-refractivity contribution < 1.29 is 4.79 Å². The maximum absolute atomic E-state index is 12.3. The number of benzene rings is 1.